The molecule has 0 bridgehead atoms. The molecule has 1 amide bonds. The maximum Gasteiger partial charge on any atom is 0.272 e. The Labute approximate surface area is 202 Å². The zero-order valence-corrected chi connectivity index (χ0v) is 19.5. The van der Waals surface area contributed by atoms with Crippen LogP contribution in [0.15, 0.2) is 82.9 Å². The topological polar surface area (TPSA) is 76.9 Å². The van der Waals surface area contributed by atoms with Gasteiger partial charge in [-0.15, -0.1) is 11.3 Å². The quantitative estimate of drug-likeness (QED) is 0.267. The van der Waals surface area contributed by atoms with Crippen molar-refractivity contribution in [3.63, 3.8) is 0 Å². The zero-order chi connectivity index (χ0) is 23.5. The third-order valence-electron chi connectivity index (χ3n) is 5.24. The van der Waals surface area contributed by atoms with Gasteiger partial charge in [0.1, 0.15) is 15.3 Å². The van der Waals surface area contributed by atoms with Crippen molar-refractivity contribution in [2.75, 3.05) is 5.75 Å². The number of hydrogen-bond acceptors (Lipinski definition) is 6. The van der Waals surface area contributed by atoms with Gasteiger partial charge in [0.15, 0.2) is 5.16 Å². The van der Waals surface area contributed by atoms with Crippen molar-refractivity contribution >= 4 is 49.4 Å². The maximum atomic E-state index is 13.5. The average molecular weight is 491 g/mol. The van der Waals surface area contributed by atoms with Gasteiger partial charge >= 0.3 is 0 Å². The van der Waals surface area contributed by atoms with Gasteiger partial charge in [-0.3, -0.25) is 14.2 Å². The number of amides is 1. The fourth-order valence-electron chi connectivity index (χ4n) is 3.54. The van der Waals surface area contributed by atoms with E-state index in [4.69, 9.17) is 4.98 Å². The molecule has 0 spiro atoms. The van der Waals surface area contributed by atoms with Crippen molar-refractivity contribution < 1.29 is 9.18 Å². The molecule has 0 aliphatic rings. The van der Waals surface area contributed by atoms with Crippen molar-refractivity contribution in [2.24, 2.45) is 0 Å². The number of thiophene rings is 1. The van der Waals surface area contributed by atoms with Crippen LogP contribution in [-0.4, -0.2) is 26.2 Å². The Balaban J connectivity index is 1.46. The lowest BCUT2D eigenvalue weighted by Crippen LogP contribution is -2.26. The van der Waals surface area contributed by atoms with Gasteiger partial charge in [-0.1, -0.05) is 54.2 Å². The first kappa shape index (κ1) is 22.2. The molecule has 0 fully saturated rings. The second-order valence-electron chi connectivity index (χ2n) is 7.60. The maximum absolute atomic E-state index is 13.5. The Bertz CT molecular complexity index is 1530. The van der Waals surface area contributed by atoms with Gasteiger partial charge in [0.05, 0.1) is 17.8 Å². The molecule has 170 valence electrons. The number of aromatic nitrogens is 3. The fraction of sp³-hybridized carbons (Fsp3) is 0.120. The van der Waals surface area contributed by atoms with Crippen molar-refractivity contribution in [1.29, 1.82) is 0 Å². The molecule has 0 atom stereocenters. The average Bonchev–Trinajstić information content (AvgIpc) is 3.24. The number of rotatable bonds is 7. The number of benzene rings is 2. The third-order valence-corrected chi connectivity index (χ3v) is 7.30. The summed E-state index contributed by atoms with van der Waals surface area (Å²) in [5.74, 6) is -0.396. The van der Waals surface area contributed by atoms with Gasteiger partial charge in [0, 0.05) is 18.1 Å². The standard InChI is InChI=1S/C25H19FN4O2S2/c26-18-10-8-17(9-11-18)14-30-24(32)22-21(19-7-4-12-27-23(19)34-22)29-25(30)33-15-20(31)28-13-16-5-2-1-3-6-16/h1-12H,13-15H2,(H,28,31). The lowest BCUT2D eigenvalue weighted by Gasteiger charge is -2.12. The lowest BCUT2D eigenvalue weighted by molar-refractivity contribution is -0.118. The van der Waals surface area contributed by atoms with Gasteiger partial charge in [-0.2, -0.15) is 0 Å². The first-order valence-electron chi connectivity index (χ1n) is 10.5. The van der Waals surface area contributed by atoms with Crippen LogP contribution in [0.3, 0.4) is 0 Å². The normalized spacial score (nSPS) is 11.2. The number of halogens is 1. The van der Waals surface area contributed by atoms with Crippen LogP contribution in [-0.2, 0) is 17.9 Å². The number of carbonyl (C=O) groups is 1. The van der Waals surface area contributed by atoms with Crippen LogP contribution in [0.1, 0.15) is 11.1 Å². The van der Waals surface area contributed by atoms with E-state index < -0.39 is 0 Å². The molecule has 5 aromatic rings. The Hall–Kier alpha value is -3.56. The predicted molar refractivity (Wildman–Crippen MR) is 134 cm³/mol. The summed E-state index contributed by atoms with van der Waals surface area (Å²) in [6.45, 7) is 0.646. The monoisotopic (exact) mass is 490 g/mol. The number of thioether (sulfide) groups is 1. The van der Waals surface area contributed by atoms with Crippen LogP contribution in [0, 0.1) is 5.82 Å². The molecule has 0 radical (unpaired) electrons. The number of hydrogen-bond donors (Lipinski definition) is 1. The third kappa shape index (κ3) is 4.71. The number of carbonyl (C=O) groups excluding carboxylic acids is 1. The molecule has 9 heteroatoms. The van der Waals surface area contributed by atoms with Crippen LogP contribution in [0.5, 0.6) is 0 Å². The predicted octanol–water partition coefficient (Wildman–Crippen LogP) is 4.60. The van der Waals surface area contributed by atoms with Crippen LogP contribution in [0.4, 0.5) is 4.39 Å². The van der Waals surface area contributed by atoms with Crippen molar-refractivity contribution in [2.45, 2.75) is 18.2 Å². The highest BCUT2D eigenvalue weighted by Crippen LogP contribution is 2.30. The SMILES string of the molecule is O=C(CSc1nc2c(sc3ncccc32)c(=O)n1Cc1ccc(F)cc1)NCc1ccccc1. The molecule has 1 N–H and O–H groups in total. The van der Waals surface area contributed by atoms with E-state index in [1.807, 2.05) is 42.5 Å². The largest absolute Gasteiger partial charge is 0.351 e. The zero-order valence-electron chi connectivity index (χ0n) is 17.9. The second kappa shape index (κ2) is 9.74. The molecule has 6 nitrogen and oxygen atoms in total. The summed E-state index contributed by atoms with van der Waals surface area (Å²) in [7, 11) is 0. The minimum Gasteiger partial charge on any atom is -0.351 e. The summed E-state index contributed by atoms with van der Waals surface area (Å²) in [5.41, 5.74) is 2.15. The Kier molecular flexibility index (Phi) is 6.37. The second-order valence-corrected chi connectivity index (χ2v) is 9.54. The summed E-state index contributed by atoms with van der Waals surface area (Å²) >= 11 is 2.50. The Morgan fingerprint density at radius 1 is 1.03 bits per heavy atom. The molecule has 2 aromatic carbocycles. The Morgan fingerprint density at radius 3 is 2.62 bits per heavy atom. The van der Waals surface area contributed by atoms with E-state index in [9.17, 15) is 14.0 Å². The van der Waals surface area contributed by atoms with Gasteiger partial charge in [0.2, 0.25) is 5.91 Å². The molecule has 0 aliphatic heterocycles. The molecule has 0 aliphatic carbocycles. The summed E-state index contributed by atoms with van der Waals surface area (Å²) in [6, 6.07) is 19.3. The van der Waals surface area contributed by atoms with Crippen LogP contribution >= 0.6 is 23.1 Å². The summed E-state index contributed by atoms with van der Waals surface area (Å²) < 4.78 is 15.4. The van der Waals surface area contributed by atoms with Gasteiger partial charge in [-0.05, 0) is 35.4 Å². The molecular weight excluding hydrogens is 471 g/mol. The number of nitrogens with one attached hydrogen (secondary N) is 1. The van der Waals surface area contributed by atoms with Crippen molar-refractivity contribution in [3.8, 4) is 0 Å². The molecular formula is C25H19FN4O2S2. The minimum absolute atomic E-state index is 0.106. The van der Waals surface area contributed by atoms with E-state index in [0.29, 0.717) is 21.9 Å². The van der Waals surface area contributed by atoms with Crippen molar-refractivity contribution in [1.82, 2.24) is 19.9 Å². The summed E-state index contributed by atoms with van der Waals surface area (Å²) in [6.07, 6.45) is 1.68. The highest BCUT2D eigenvalue weighted by Gasteiger charge is 2.18. The molecule has 0 saturated heterocycles. The number of pyridine rings is 1. The van der Waals surface area contributed by atoms with E-state index in [2.05, 4.69) is 10.3 Å². The summed E-state index contributed by atoms with van der Waals surface area (Å²) in [5, 5.41) is 4.14. The first-order chi connectivity index (χ1) is 16.6. The van der Waals surface area contributed by atoms with E-state index in [1.165, 1.54) is 35.2 Å². The highest BCUT2D eigenvalue weighted by atomic mass is 32.2. The van der Waals surface area contributed by atoms with E-state index in [1.54, 1.807) is 22.9 Å². The molecule has 34 heavy (non-hydrogen) atoms. The lowest BCUT2D eigenvalue weighted by atomic mass is 10.2. The minimum atomic E-state index is -0.343. The highest BCUT2D eigenvalue weighted by molar-refractivity contribution is 7.99. The molecule has 0 unspecified atom stereocenters. The van der Waals surface area contributed by atoms with Crippen molar-refractivity contribution in [3.05, 3.63) is 100 Å². The van der Waals surface area contributed by atoms with Crippen LogP contribution < -0.4 is 10.9 Å². The van der Waals surface area contributed by atoms with Crippen LogP contribution in [0.25, 0.3) is 20.4 Å². The number of fused-ring (bicyclic) bond motifs is 3. The molecule has 5 rings (SSSR count). The summed E-state index contributed by atoms with van der Waals surface area (Å²) in [4.78, 5) is 35.8. The Morgan fingerprint density at radius 2 is 1.82 bits per heavy atom. The van der Waals surface area contributed by atoms with E-state index >= 15 is 0 Å². The van der Waals surface area contributed by atoms with Gasteiger partial charge < -0.3 is 5.32 Å². The molecule has 0 saturated carbocycles. The van der Waals surface area contributed by atoms with E-state index in [0.717, 1.165) is 21.3 Å². The molecule has 3 aromatic heterocycles. The van der Waals surface area contributed by atoms with Gasteiger partial charge in [0.25, 0.3) is 5.56 Å². The number of nitrogens with zero attached hydrogens (tertiary/aromatic N) is 3. The smallest absolute Gasteiger partial charge is 0.272 e. The van der Waals surface area contributed by atoms with Gasteiger partial charge in [-0.25, -0.2) is 14.4 Å². The molecule has 3 heterocycles. The van der Waals surface area contributed by atoms with Crippen LogP contribution in [0.2, 0.25) is 0 Å². The van der Waals surface area contributed by atoms with E-state index in [-0.39, 0.29) is 29.6 Å². The fourth-order valence-corrected chi connectivity index (χ4v) is 5.39. The first-order valence-corrected chi connectivity index (χ1v) is 12.3.